The summed E-state index contributed by atoms with van der Waals surface area (Å²) in [6.45, 7) is 15.0. The SMILES string of the molecule is CCC(C)(Pc1ccc(C)cc1C(O)c1ccccc1)c1cc(C)cc(C(C)(C)C)c1O. The van der Waals surface area contributed by atoms with Crippen LogP contribution in [-0.4, -0.2) is 10.2 Å². The lowest BCUT2D eigenvalue weighted by Crippen LogP contribution is -2.23. The van der Waals surface area contributed by atoms with Crippen LogP contribution in [0.25, 0.3) is 0 Å². The normalized spacial score (nSPS) is 15.1. The Kier molecular flexibility index (Phi) is 7.18. The van der Waals surface area contributed by atoms with E-state index in [1.165, 1.54) is 5.56 Å². The predicted molar refractivity (Wildman–Crippen MR) is 139 cm³/mol. The van der Waals surface area contributed by atoms with Gasteiger partial charge in [-0.05, 0) is 47.7 Å². The molecule has 170 valence electrons. The van der Waals surface area contributed by atoms with Gasteiger partial charge in [-0.2, -0.15) is 0 Å². The molecular formula is C29H37O2P. The van der Waals surface area contributed by atoms with Crippen molar-refractivity contribution in [3.8, 4) is 5.75 Å². The molecule has 3 heteroatoms. The highest BCUT2D eigenvalue weighted by molar-refractivity contribution is 7.48. The molecule has 3 aromatic carbocycles. The summed E-state index contributed by atoms with van der Waals surface area (Å²) in [5, 5.41) is 23.5. The average Bonchev–Trinajstić information content (AvgIpc) is 2.75. The Labute approximate surface area is 195 Å². The molecule has 0 aliphatic heterocycles. The standard InChI is InChI=1S/C29H37O2P/c1-8-29(7,24-18-20(3)17-23(27(24)31)28(4,5)6)32-25-15-14-19(2)16-22(25)26(30)21-12-10-9-11-13-21/h9-18,26,30-32H,8H2,1-7H3. The molecule has 3 atom stereocenters. The molecule has 32 heavy (non-hydrogen) atoms. The van der Waals surface area contributed by atoms with E-state index in [0.29, 0.717) is 14.3 Å². The number of phenolic OH excluding ortho intramolecular Hbond substituents is 1. The zero-order valence-electron chi connectivity index (χ0n) is 20.5. The van der Waals surface area contributed by atoms with E-state index in [4.69, 9.17) is 0 Å². The maximum Gasteiger partial charge on any atom is 0.123 e. The summed E-state index contributed by atoms with van der Waals surface area (Å²) in [6.07, 6.45) is 0.219. The zero-order chi connectivity index (χ0) is 23.7. The Balaban J connectivity index is 2.11. The Bertz CT molecular complexity index is 1080. The number of aliphatic hydroxyl groups excluding tert-OH is 1. The van der Waals surface area contributed by atoms with Gasteiger partial charge in [-0.15, -0.1) is 0 Å². The van der Waals surface area contributed by atoms with Gasteiger partial charge in [-0.1, -0.05) is 115 Å². The van der Waals surface area contributed by atoms with Crippen molar-refractivity contribution in [2.45, 2.75) is 71.6 Å². The molecule has 0 aliphatic carbocycles. The number of aryl methyl sites for hydroxylation is 2. The van der Waals surface area contributed by atoms with Gasteiger partial charge < -0.3 is 10.2 Å². The second-order valence-corrected chi connectivity index (χ2v) is 12.1. The third-order valence-corrected chi connectivity index (χ3v) is 8.29. The predicted octanol–water partition coefficient (Wildman–Crippen LogP) is 7.02. The fraction of sp³-hybridized carbons (Fsp3) is 0.379. The highest BCUT2D eigenvalue weighted by Gasteiger charge is 2.33. The number of aromatic hydroxyl groups is 1. The van der Waals surface area contributed by atoms with Gasteiger partial charge in [-0.25, -0.2) is 0 Å². The van der Waals surface area contributed by atoms with Crippen molar-refractivity contribution in [1.82, 2.24) is 0 Å². The first-order valence-electron chi connectivity index (χ1n) is 11.4. The first kappa shape index (κ1) is 24.5. The molecule has 0 amide bonds. The van der Waals surface area contributed by atoms with Crippen molar-refractivity contribution in [2.24, 2.45) is 0 Å². The van der Waals surface area contributed by atoms with Crippen molar-refractivity contribution in [3.05, 3.63) is 94.0 Å². The Morgan fingerprint density at radius 1 is 0.844 bits per heavy atom. The summed E-state index contributed by atoms with van der Waals surface area (Å²) in [6, 6.07) is 20.5. The molecule has 3 rings (SSSR count). The second-order valence-electron chi connectivity index (χ2n) is 10.2. The number of hydrogen-bond donors (Lipinski definition) is 2. The average molecular weight is 449 g/mol. The van der Waals surface area contributed by atoms with Crippen molar-refractivity contribution >= 4 is 13.9 Å². The van der Waals surface area contributed by atoms with Crippen molar-refractivity contribution in [3.63, 3.8) is 0 Å². The van der Waals surface area contributed by atoms with Crippen LogP contribution in [0.2, 0.25) is 0 Å². The van der Waals surface area contributed by atoms with Crippen LogP contribution in [0.4, 0.5) is 0 Å². The Morgan fingerprint density at radius 2 is 1.47 bits per heavy atom. The van der Waals surface area contributed by atoms with Gasteiger partial charge in [-0.3, -0.25) is 0 Å². The van der Waals surface area contributed by atoms with Crippen molar-refractivity contribution in [2.75, 3.05) is 0 Å². The number of hydrogen-bond acceptors (Lipinski definition) is 2. The minimum Gasteiger partial charge on any atom is -0.507 e. The van der Waals surface area contributed by atoms with E-state index in [2.05, 4.69) is 78.8 Å². The van der Waals surface area contributed by atoms with Crippen LogP contribution in [-0.2, 0) is 10.6 Å². The van der Waals surface area contributed by atoms with Gasteiger partial charge in [0.1, 0.15) is 11.9 Å². The molecular weight excluding hydrogens is 411 g/mol. The van der Waals surface area contributed by atoms with Crippen molar-refractivity contribution in [1.29, 1.82) is 0 Å². The number of phenols is 1. The van der Waals surface area contributed by atoms with Crippen LogP contribution >= 0.6 is 8.58 Å². The number of benzene rings is 3. The van der Waals surface area contributed by atoms with E-state index in [-0.39, 0.29) is 10.6 Å². The van der Waals surface area contributed by atoms with Crippen LogP contribution in [0, 0.1) is 13.8 Å². The lowest BCUT2D eigenvalue weighted by Gasteiger charge is -2.34. The lowest BCUT2D eigenvalue weighted by molar-refractivity contribution is 0.221. The largest absolute Gasteiger partial charge is 0.507 e. The highest BCUT2D eigenvalue weighted by atomic mass is 31.1. The summed E-state index contributed by atoms with van der Waals surface area (Å²) in [5.41, 5.74) is 6.01. The highest BCUT2D eigenvalue weighted by Crippen LogP contribution is 2.50. The third kappa shape index (κ3) is 5.08. The van der Waals surface area contributed by atoms with Crippen LogP contribution in [0.15, 0.2) is 60.7 Å². The van der Waals surface area contributed by atoms with E-state index in [1.54, 1.807) is 0 Å². The van der Waals surface area contributed by atoms with Gasteiger partial charge in [0, 0.05) is 10.7 Å². The molecule has 0 spiro atoms. The fourth-order valence-electron chi connectivity index (χ4n) is 4.25. The maximum absolute atomic E-state index is 11.3. The summed E-state index contributed by atoms with van der Waals surface area (Å²) >= 11 is 0. The van der Waals surface area contributed by atoms with Gasteiger partial charge in [0.25, 0.3) is 0 Å². The summed E-state index contributed by atoms with van der Waals surface area (Å²) in [5.74, 6) is 0.414. The Hall–Kier alpha value is -2.15. The molecule has 0 aliphatic rings. The molecule has 3 aromatic rings. The molecule has 0 saturated carbocycles. The van der Waals surface area contributed by atoms with E-state index in [1.807, 2.05) is 30.3 Å². The summed E-state index contributed by atoms with van der Waals surface area (Å²) in [7, 11) is 0.411. The van der Waals surface area contributed by atoms with Crippen LogP contribution in [0.3, 0.4) is 0 Å². The molecule has 0 aromatic heterocycles. The van der Waals surface area contributed by atoms with Crippen LogP contribution in [0.1, 0.15) is 80.5 Å². The first-order chi connectivity index (χ1) is 15.0. The van der Waals surface area contributed by atoms with E-state index >= 15 is 0 Å². The van der Waals surface area contributed by atoms with Crippen molar-refractivity contribution < 1.29 is 10.2 Å². The third-order valence-electron chi connectivity index (χ3n) is 6.39. The van der Waals surface area contributed by atoms with Crippen LogP contribution < -0.4 is 5.30 Å². The summed E-state index contributed by atoms with van der Waals surface area (Å²) in [4.78, 5) is 0. The smallest absolute Gasteiger partial charge is 0.123 e. The lowest BCUT2D eigenvalue weighted by atomic mass is 9.82. The molecule has 0 radical (unpaired) electrons. The second kappa shape index (κ2) is 9.38. The molecule has 0 bridgehead atoms. The van der Waals surface area contributed by atoms with Gasteiger partial charge >= 0.3 is 0 Å². The van der Waals surface area contributed by atoms with Gasteiger partial charge in [0.05, 0.1) is 0 Å². The Morgan fingerprint density at radius 3 is 2.06 bits per heavy atom. The molecule has 2 nitrogen and oxygen atoms in total. The van der Waals surface area contributed by atoms with Crippen LogP contribution in [0.5, 0.6) is 5.75 Å². The molecule has 0 heterocycles. The number of aliphatic hydroxyl groups is 1. The number of rotatable bonds is 6. The van der Waals surface area contributed by atoms with E-state index in [9.17, 15) is 10.2 Å². The molecule has 0 saturated heterocycles. The fourth-order valence-corrected chi connectivity index (χ4v) is 5.87. The van der Waals surface area contributed by atoms with E-state index < -0.39 is 6.10 Å². The quantitative estimate of drug-likeness (QED) is 0.398. The monoisotopic (exact) mass is 448 g/mol. The zero-order valence-corrected chi connectivity index (χ0v) is 21.5. The van der Waals surface area contributed by atoms with Gasteiger partial charge in [0.15, 0.2) is 0 Å². The topological polar surface area (TPSA) is 40.5 Å². The minimum atomic E-state index is -0.670. The summed E-state index contributed by atoms with van der Waals surface area (Å²) < 4.78 is 0. The first-order valence-corrected chi connectivity index (χ1v) is 12.4. The maximum atomic E-state index is 11.3. The molecule has 3 unspecified atom stereocenters. The minimum absolute atomic E-state index is 0.138. The van der Waals surface area contributed by atoms with E-state index in [0.717, 1.165) is 39.5 Å². The molecule has 2 N–H and O–H groups in total. The van der Waals surface area contributed by atoms with Gasteiger partial charge in [0.2, 0.25) is 0 Å². The molecule has 0 fully saturated rings.